The highest BCUT2D eigenvalue weighted by Gasteiger charge is 2.07. The quantitative estimate of drug-likeness (QED) is 0.660. The molecule has 12 heavy (non-hydrogen) atoms. The van der Waals surface area contributed by atoms with E-state index in [1.807, 2.05) is 0 Å². The molecule has 0 nitrogen and oxygen atoms in total. The summed E-state index contributed by atoms with van der Waals surface area (Å²) in [4.78, 5) is 1.36. The lowest BCUT2D eigenvalue weighted by Crippen LogP contribution is -1.68. The molecule has 0 spiro atoms. The molecule has 0 bridgehead atoms. The molecule has 0 atom stereocenters. The van der Waals surface area contributed by atoms with Crippen LogP contribution in [0.1, 0.15) is 4.88 Å². The van der Waals surface area contributed by atoms with E-state index < -0.39 is 0 Å². The standard InChI is InChI=1S/C9H6Br2S/c1-5-6-3-2-4-7(10)8(6)9(11)12-5/h2-4H,1H3. The Morgan fingerprint density at radius 3 is 2.67 bits per heavy atom. The normalized spacial score (nSPS) is 10.9. The van der Waals surface area contributed by atoms with Gasteiger partial charge in [0.25, 0.3) is 0 Å². The first-order chi connectivity index (χ1) is 5.70. The number of hydrogen-bond acceptors (Lipinski definition) is 1. The van der Waals surface area contributed by atoms with E-state index in [9.17, 15) is 0 Å². The summed E-state index contributed by atoms with van der Waals surface area (Å²) in [6.07, 6.45) is 0. The van der Waals surface area contributed by atoms with Gasteiger partial charge in [-0.3, -0.25) is 0 Å². The third kappa shape index (κ3) is 1.24. The molecule has 3 heteroatoms. The van der Waals surface area contributed by atoms with Gasteiger partial charge in [0.05, 0.1) is 3.79 Å². The van der Waals surface area contributed by atoms with E-state index in [-0.39, 0.29) is 0 Å². The first kappa shape index (κ1) is 8.73. The largest absolute Gasteiger partial charge is 0.132 e. The Balaban J connectivity index is 2.99. The van der Waals surface area contributed by atoms with Crippen molar-refractivity contribution in [3.63, 3.8) is 0 Å². The second-order valence-corrected chi connectivity index (χ2v) is 5.99. The molecule has 0 saturated carbocycles. The summed E-state index contributed by atoms with van der Waals surface area (Å²) >= 11 is 8.88. The van der Waals surface area contributed by atoms with Gasteiger partial charge in [-0.1, -0.05) is 28.1 Å². The summed E-state index contributed by atoms with van der Waals surface area (Å²) in [6.45, 7) is 2.14. The molecule has 1 aromatic heterocycles. The van der Waals surface area contributed by atoms with Crippen LogP contribution in [-0.2, 0) is 0 Å². The van der Waals surface area contributed by atoms with Gasteiger partial charge in [0.2, 0.25) is 0 Å². The SMILES string of the molecule is Cc1sc(Br)c2c(Br)cccc12. The number of rotatable bonds is 0. The topological polar surface area (TPSA) is 0 Å². The van der Waals surface area contributed by atoms with Crippen LogP contribution in [0.5, 0.6) is 0 Å². The van der Waals surface area contributed by atoms with Crippen molar-refractivity contribution in [3.8, 4) is 0 Å². The predicted octanol–water partition coefficient (Wildman–Crippen LogP) is 4.73. The van der Waals surface area contributed by atoms with Crippen LogP contribution in [0.3, 0.4) is 0 Å². The van der Waals surface area contributed by atoms with Crippen LogP contribution < -0.4 is 0 Å². The summed E-state index contributed by atoms with van der Waals surface area (Å²) in [7, 11) is 0. The summed E-state index contributed by atoms with van der Waals surface area (Å²) in [5.41, 5.74) is 0. The van der Waals surface area contributed by atoms with Crippen molar-refractivity contribution in [3.05, 3.63) is 31.3 Å². The van der Waals surface area contributed by atoms with Gasteiger partial charge in [-0.15, -0.1) is 11.3 Å². The van der Waals surface area contributed by atoms with Gasteiger partial charge in [0.1, 0.15) is 0 Å². The Hall–Kier alpha value is 0.140. The second kappa shape index (κ2) is 3.13. The maximum absolute atomic E-state index is 3.56. The van der Waals surface area contributed by atoms with Crippen molar-refractivity contribution >= 4 is 54.0 Å². The van der Waals surface area contributed by atoms with Crippen LogP contribution in [-0.4, -0.2) is 0 Å². The lowest BCUT2D eigenvalue weighted by Gasteiger charge is -1.94. The Kier molecular flexibility index (Phi) is 2.27. The number of hydrogen-bond donors (Lipinski definition) is 0. The average molecular weight is 306 g/mol. The van der Waals surface area contributed by atoms with E-state index >= 15 is 0 Å². The van der Waals surface area contributed by atoms with Crippen LogP contribution >= 0.6 is 43.2 Å². The molecule has 1 aromatic carbocycles. The Labute approximate surface area is 91.9 Å². The molecule has 2 aromatic rings. The highest BCUT2D eigenvalue weighted by atomic mass is 79.9. The molecule has 0 radical (unpaired) electrons. The first-order valence-electron chi connectivity index (χ1n) is 3.53. The molecule has 0 aliphatic carbocycles. The van der Waals surface area contributed by atoms with Crippen LogP contribution in [0.2, 0.25) is 0 Å². The van der Waals surface area contributed by atoms with E-state index in [0.29, 0.717) is 0 Å². The molecule has 0 saturated heterocycles. The van der Waals surface area contributed by atoms with Gasteiger partial charge in [-0.25, -0.2) is 0 Å². The maximum Gasteiger partial charge on any atom is 0.0791 e. The minimum Gasteiger partial charge on any atom is -0.132 e. The zero-order valence-corrected chi connectivity index (χ0v) is 10.4. The molecule has 0 aliphatic heterocycles. The zero-order valence-electron chi connectivity index (χ0n) is 6.40. The number of thiophene rings is 1. The molecule has 1 heterocycles. The molecule has 0 amide bonds. The minimum atomic E-state index is 1.16. The Morgan fingerprint density at radius 1 is 1.25 bits per heavy atom. The van der Waals surface area contributed by atoms with Gasteiger partial charge in [0.15, 0.2) is 0 Å². The second-order valence-electron chi connectivity index (χ2n) is 2.59. The number of fused-ring (bicyclic) bond motifs is 1. The maximum atomic E-state index is 3.56. The first-order valence-corrected chi connectivity index (χ1v) is 5.93. The van der Waals surface area contributed by atoms with Crippen molar-refractivity contribution in [2.75, 3.05) is 0 Å². The van der Waals surface area contributed by atoms with E-state index in [2.05, 4.69) is 57.0 Å². The third-order valence-electron chi connectivity index (χ3n) is 1.83. The van der Waals surface area contributed by atoms with Crippen molar-refractivity contribution in [2.24, 2.45) is 0 Å². The lowest BCUT2D eigenvalue weighted by atomic mass is 10.2. The fourth-order valence-electron chi connectivity index (χ4n) is 1.26. The molecule has 0 fully saturated rings. The highest BCUT2D eigenvalue weighted by Crippen LogP contribution is 2.38. The van der Waals surface area contributed by atoms with Crippen LogP contribution in [0.15, 0.2) is 26.5 Å². The monoisotopic (exact) mass is 304 g/mol. The van der Waals surface area contributed by atoms with E-state index in [1.165, 1.54) is 19.4 Å². The molecule has 62 valence electrons. The van der Waals surface area contributed by atoms with E-state index in [1.54, 1.807) is 11.3 Å². The smallest absolute Gasteiger partial charge is 0.0791 e. The van der Waals surface area contributed by atoms with Crippen LogP contribution in [0, 0.1) is 6.92 Å². The highest BCUT2D eigenvalue weighted by molar-refractivity contribution is 9.11. The molecular formula is C9H6Br2S. The predicted molar refractivity (Wildman–Crippen MR) is 62.0 cm³/mol. The summed E-state index contributed by atoms with van der Waals surface area (Å²) in [6, 6.07) is 6.29. The van der Waals surface area contributed by atoms with Gasteiger partial charge in [0, 0.05) is 14.7 Å². The number of benzene rings is 1. The fraction of sp³-hybridized carbons (Fsp3) is 0.111. The van der Waals surface area contributed by atoms with Gasteiger partial charge in [-0.05, 0) is 34.3 Å². The van der Waals surface area contributed by atoms with Crippen molar-refractivity contribution in [1.82, 2.24) is 0 Å². The van der Waals surface area contributed by atoms with Crippen molar-refractivity contribution in [2.45, 2.75) is 6.92 Å². The van der Waals surface area contributed by atoms with E-state index in [4.69, 9.17) is 0 Å². The summed E-state index contributed by atoms with van der Waals surface area (Å²) in [5.74, 6) is 0. The van der Waals surface area contributed by atoms with Gasteiger partial charge in [-0.2, -0.15) is 0 Å². The van der Waals surface area contributed by atoms with Gasteiger partial charge >= 0.3 is 0 Å². The summed E-state index contributed by atoms with van der Waals surface area (Å²) in [5, 5.41) is 2.63. The van der Waals surface area contributed by atoms with Crippen LogP contribution in [0.25, 0.3) is 10.8 Å². The van der Waals surface area contributed by atoms with E-state index in [0.717, 1.165) is 4.47 Å². The fourth-order valence-corrected chi connectivity index (χ4v) is 4.25. The number of halogens is 2. The van der Waals surface area contributed by atoms with Crippen molar-refractivity contribution < 1.29 is 0 Å². The zero-order chi connectivity index (χ0) is 8.72. The van der Waals surface area contributed by atoms with Crippen molar-refractivity contribution in [1.29, 1.82) is 0 Å². The third-order valence-corrected chi connectivity index (χ3v) is 4.28. The Bertz CT molecular complexity index is 431. The molecule has 0 aliphatic rings. The molecule has 0 unspecified atom stereocenters. The lowest BCUT2D eigenvalue weighted by molar-refractivity contribution is 1.67. The Morgan fingerprint density at radius 2 is 2.00 bits per heavy atom. The minimum absolute atomic E-state index is 1.16. The van der Waals surface area contributed by atoms with Gasteiger partial charge < -0.3 is 0 Å². The van der Waals surface area contributed by atoms with Crippen LogP contribution in [0.4, 0.5) is 0 Å². The molecule has 2 rings (SSSR count). The summed E-state index contributed by atoms with van der Waals surface area (Å²) < 4.78 is 2.37. The molecular weight excluding hydrogens is 300 g/mol. The average Bonchev–Trinajstić information content (AvgIpc) is 2.29. The molecule has 0 N–H and O–H groups in total. The number of aryl methyl sites for hydroxylation is 1.